The molecular weight excluding hydrogens is 473 g/mol. The van der Waals surface area contributed by atoms with Crippen LogP contribution in [0.4, 0.5) is 5.69 Å². The number of fused-ring (bicyclic) bond motifs is 1. The number of nitrogens with zero attached hydrogens (tertiary/aromatic N) is 1. The number of amides is 1. The van der Waals surface area contributed by atoms with Crippen molar-refractivity contribution in [2.45, 2.75) is 4.90 Å². The van der Waals surface area contributed by atoms with Crippen LogP contribution in [-0.4, -0.2) is 14.3 Å². The average Bonchev–Trinajstić information content (AvgIpc) is 2.79. The largest absolute Gasteiger partial charge is 0.436 e. The number of nitrogens with one attached hydrogen (secondary N) is 2. The second kappa shape index (κ2) is 9.04. The lowest BCUT2D eigenvalue weighted by molar-refractivity contribution is 0.102. The van der Waals surface area contributed by atoms with E-state index >= 15 is 0 Å². The van der Waals surface area contributed by atoms with E-state index < -0.39 is 15.9 Å². The summed E-state index contributed by atoms with van der Waals surface area (Å²) in [6, 6.07) is 20.8. The highest BCUT2D eigenvalue weighted by Gasteiger charge is 2.17. The summed E-state index contributed by atoms with van der Waals surface area (Å²) in [5.74, 6) is -0.572. The molecule has 3 aromatic carbocycles. The quantitative estimate of drug-likeness (QED) is 0.395. The Morgan fingerprint density at radius 1 is 0.906 bits per heavy atom. The molecule has 4 aromatic rings. The minimum absolute atomic E-state index is 0.0161. The van der Waals surface area contributed by atoms with E-state index in [2.05, 4.69) is 15.2 Å². The van der Waals surface area contributed by atoms with Gasteiger partial charge in [0.2, 0.25) is 5.55 Å². The van der Waals surface area contributed by atoms with Crippen LogP contribution in [-0.2, 0) is 10.0 Å². The number of rotatable bonds is 5. The van der Waals surface area contributed by atoms with Crippen molar-refractivity contribution in [3.63, 3.8) is 0 Å². The topological polar surface area (TPSA) is 101 Å². The molecule has 7 nitrogen and oxygen atoms in total. The zero-order valence-corrected chi connectivity index (χ0v) is 18.6. The third-order valence-corrected chi connectivity index (χ3v) is 6.22. The Labute approximate surface area is 193 Å². The van der Waals surface area contributed by atoms with Gasteiger partial charge in [0.05, 0.1) is 15.6 Å². The lowest BCUT2D eigenvalue weighted by atomic mass is 10.1. The first-order valence-corrected chi connectivity index (χ1v) is 11.5. The molecule has 2 N–H and O–H groups in total. The zero-order valence-electron chi connectivity index (χ0n) is 16.2. The number of hydrogen-bond acceptors (Lipinski definition) is 5. The molecule has 0 spiro atoms. The molecule has 32 heavy (non-hydrogen) atoms. The fourth-order valence-corrected chi connectivity index (χ4v) is 3.95. The van der Waals surface area contributed by atoms with Gasteiger partial charge in [0.1, 0.15) is 11.1 Å². The Hall–Kier alpha value is -3.33. The van der Waals surface area contributed by atoms with Gasteiger partial charge in [-0.25, -0.2) is 0 Å². The highest BCUT2D eigenvalue weighted by atomic mass is 35.5. The van der Waals surface area contributed by atoms with Crippen molar-refractivity contribution in [2.24, 2.45) is 5.10 Å². The van der Waals surface area contributed by atoms with Crippen molar-refractivity contribution in [2.75, 3.05) is 5.32 Å². The molecule has 10 heteroatoms. The Balaban J connectivity index is 1.76. The molecule has 0 fully saturated rings. The number of anilines is 1. The van der Waals surface area contributed by atoms with Crippen molar-refractivity contribution in [3.05, 3.63) is 100 Å². The lowest BCUT2D eigenvalue weighted by Crippen LogP contribution is -2.27. The van der Waals surface area contributed by atoms with Crippen molar-refractivity contribution in [1.82, 2.24) is 4.83 Å². The van der Waals surface area contributed by atoms with Crippen LogP contribution in [0.15, 0.2) is 93.3 Å². The summed E-state index contributed by atoms with van der Waals surface area (Å²) in [6.07, 6.45) is 0. The summed E-state index contributed by atoms with van der Waals surface area (Å²) < 4.78 is 30.9. The maximum atomic E-state index is 13.0. The molecule has 0 radical (unpaired) electrons. The fraction of sp³-hybridized carbons (Fsp3) is 0. The van der Waals surface area contributed by atoms with E-state index in [0.29, 0.717) is 26.7 Å². The van der Waals surface area contributed by atoms with Crippen LogP contribution >= 0.6 is 23.2 Å². The number of benzene rings is 3. The maximum absolute atomic E-state index is 13.0. The van der Waals surface area contributed by atoms with Crippen LogP contribution in [0, 0.1) is 0 Å². The molecule has 0 bridgehead atoms. The van der Waals surface area contributed by atoms with Gasteiger partial charge in [-0.15, -0.1) is 5.10 Å². The normalized spacial score (nSPS) is 12.0. The van der Waals surface area contributed by atoms with E-state index in [1.807, 2.05) is 0 Å². The van der Waals surface area contributed by atoms with Gasteiger partial charge < -0.3 is 9.73 Å². The first kappa shape index (κ1) is 21.9. The Bertz CT molecular complexity index is 1480. The number of sulfonamides is 1. The SMILES string of the molecule is O=C(Nc1ccccc1Cl)c1cc2ccccc2o/c1=N/NS(=O)(=O)c1ccc(Cl)cc1. The van der Waals surface area contributed by atoms with Gasteiger partial charge >= 0.3 is 0 Å². The minimum atomic E-state index is -4.02. The molecule has 1 amide bonds. The highest BCUT2D eigenvalue weighted by Crippen LogP contribution is 2.21. The Kier molecular flexibility index (Phi) is 6.18. The third kappa shape index (κ3) is 4.77. The standard InChI is InChI=1S/C22H15Cl2N3O4S/c23-15-9-11-16(12-10-15)32(29,30)27-26-22-17(13-14-5-1-4-8-20(14)31-22)21(28)25-19-7-3-2-6-18(19)24/h1-13,27H,(H,25,28)/b26-22+. The van der Waals surface area contributed by atoms with E-state index in [9.17, 15) is 13.2 Å². The molecule has 0 saturated heterocycles. The maximum Gasteiger partial charge on any atom is 0.276 e. The number of hydrogen-bond donors (Lipinski definition) is 2. The predicted molar refractivity (Wildman–Crippen MR) is 123 cm³/mol. The molecule has 0 aliphatic heterocycles. The van der Waals surface area contributed by atoms with Crippen molar-refractivity contribution in [3.8, 4) is 0 Å². The first-order valence-electron chi connectivity index (χ1n) is 9.23. The summed E-state index contributed by atoms with van der Waals surface area (Å²) in [7, 11) is -4.02. The van der Waals surface area contributed by atoms with Gasteiger partial charge in [-0.3, -0.25) is 4.79 Å². The van der Waals surface area contributed by atoms with Gasteiger partial charge in [-0.1, -0.05) is 53.5 Å². The van der Waals surface area contributed by atoms with Gasteiger partial charge in [0.25, 0.3) is 15.9 Å². The molecular formula is C22H15Cl2N3O4S. The molecule has 0 unspecified atom stereocenters. The molecule has 0 atom stereocenters. The van der Waals surface area contributed by atoms with Gasteiger partial charge in [-0.2, -0.15) is 13.2 Å². The molecule has 4 rings (SSSR count). The molecule has 0 aliphatic rings. The fourth-order valence-electron chi connectivity index (χ4n) is 2.84. The summed E-state index contributed by atoms with van der Waals surface area (Å²) in [4.78, 5) is 15.0. The second-order valence-electron chi connectivity index (χ2n) is 6.60. The summed E-state index contributed by atoms with van der Waals surface area (Å²) in [5, 5.41) is 7.94. The number of halogens is 2. The van der Waals surface area contributed by atoms with Crippen LogP contribution in [0.5, 0.6) is 0 Å². The van der Waals surface area contributed by atoms with Crippen LogP contribution in [0.1, 0.15) is 10.4 Å². The smallest absolute Gasteiger partial charge is 0.276 e. The molecule has 0 saturated carbocycles. The van der Waals surface area contributed by atoms with Crippen LogP contribution in [0.3, 0.4) is 0 Å². The molecule has 0 aliphatic carbocycles. The monoisotopic (exact) mass is 487 g/mol. The molecule has 162 valence electrons. The third-order valence-electron chi connectivity index (χ3n) is 4.41. The van der Waals surface area contributed by atoms with Crippen LogP contribution in [0.25, 0.3) is 11.0 Å². The van der Waals surface area contributed by atoms with Crippen molar-refractivity contribution < 1.29 is 17.6 Å². The van der Waals surface area contributed by atoms with Gasteiger partial charge in [0.15, 0.2) is 0 Å². The van der Waals surface area contributed by atoms with Crippen LogP contribution in [0.2, 0.25) is 10.0 Å². The summed E-state index contributed by atoms with van der Waals surface area (Å²) in [6.45, 7) is 0. The highest BCUT2D eigenvalue weighted by molar-refractivity contribution is 7.89. The summed E-state index contributed by atoms with van der Waals surface area (Å²) >= 11 is 11.9. The lowest BCUT2D eigenvalue weighted by Gasteiger charge is -2.08. The molecule has 1 aromatic heterocycles. The van der Waals surface area contributed by atoms with Gasteiger partial charge in [-0.05, 0) is 48.5 Å². The predicted octanol–water partition coefficient (Wildman–Crippen LogP) is 4.79. The second-order valence-corrected chi connectivity index (χ2v) is 9.10. The van der Waals surface area contributed by atoms with E-state index in [1.54, 1.807) is 54.6 Å². The first-order chi connectivity index (χ1) is 15.3. The van der Waals surface area contributed by atoms with E-state index in [1.165, 1.54) is 24.3 Å². The number of carbonyl (C=O) groups is 1. The summed E-state index contributed by atoms with van der Waals surface area (Å²) in [5.41, 5.74) is 0.611. The van der Waals surface area contributed by atoms with E-state index in [4.69, 9.17) is 27.6 Å². The zero-order chi connectivity index (χ0) is 22.7. The Morgan fingerprint density at radius 2 is 1.59 bits per heavy atom. The van der Waals surface area contributed by atoms with Crippen molar-refractivity contribution >= 4 is 55.8 Å². The minimum Gasteiger partial charge on any atom is -0.436 e. The van der Waals surface area contributed by atoms with Crippen molar-refractivity contribution in [1.29, 1.82) is 0 Å². The average molecular weight is 488 g/mol. The Morgan fingerprint density at radius 3 is 2.34 bits per heavy atom. The van der Waals surface area contributed by atoms with Gasteiger partial charge in [0, 0.05) is 10.4 Å². The van der Waals surface area contributed by atoms with E-state index in [-0.39, 0.29) is 16.0 Å². The number of para-hydroxylation sites is 2. The number of carbonyl (C=O) groups excluding carboxylic acids is 1. The molecule has 1 heterocycles. The van der Waals surface area contributed by atoms with E-state index in [0.717, 1.165) is 0 Å². The van der Waals surface area contributed by atoms with Crippen LogP contribution < -0.4 is 15.7 Å².